The van der Waals surface area contributed by atoms with Crippen LogP contribution in [0, 0.1) is 0 Å². The van der Waals surface area contributed by atoms with Crippen LogP contribution in [0.3, 0.4) is 0 Å². The number of aliphatic carboxylic acids is 1. The van der Waals surface area contributed by atoms with Crippen LogP contribution in [0.4, 0.5) is 5.69 Å². The van der Waals surface area contributed by atoms with Crippen molar-refractivity contribution in [2.45, 2.75) is 38.8 Å². The summed E-state index contributed by atoms with van der Waals surface area (Å²) in [6, 6.07) is 12.1. The minimum absolute atomic E-state index is 0.127. The topological polar surface area (TPSA) is 176 Å². The van der Waals surface area contributed by atoms with E-state index in [2.05, 4.69) is 30.6 Å². The Bertz CT molecular complexity index is 1540. The minimum Gasteiger partial charge on any atom is -0.480 e. The van der Waals surface area contributed by atoms with Gasteiger partial charge in [-0.05, 0) is 54.8 Å². The third kappa shape index (κ3) is 7.22. The summed E-state index contributed by atoms with van der Waals surface area (Å²) in [6.45, 7) is 2.28. The van der Waals surface area contributed by atoms with Gasteiger partial charge >= 0.3 is 11.9 Å². The number of carboxylic acids is 1. The van der Waals surface area contributed by atoms with E-state index in [0.29, 0.717) is 17.1 Å². The molecule has 0 spiro atoms. The van der Waals surface area contributed by atoms with Gasteiger partial charge < -0.3 is 25.5 Å². The number of anilines is 1. The Morgan fingerprint density at radius 3 is 2.49 bits per heavy atom. The third-order valence-corrected chi connectivity index (χ3v) is 5.83. The van der Waals surface area contributed by atoms with Crippen LogP contribution in [0.5, 0.6) is 5.75 Å². The van der Waals surface area contributed by atoms with E-state index in [4.69, 9.17) is 4.74 Å². The lowest BCUT2D eigenvalue weighted by molar-refractivity contribution is -0.140. The number of aromatic nitrogens is 4. The number of carbonyl (C=O) groups excluding carboxylic acids is 2. The van der Waals surface area contributed by atoms with Crippen LogP contribution in [0.1, 0.15) is 41.4 Å². The lowest BCUT2D eigenvalue weighted by atomic mass is 10.1. The molecule has 2 heterocycles. The van der Waals surface area contributed by atoms with Crippen molar-refractivity contribution >= 4 is 34.7 Å². The molecule has 12 nitrogen and oxygen atoms in total. The van der Waals surface area contributed by atoms with E-state index < -0.39 is 23.9 Å². The average molecular weight is 531 g/mol. The van der Waals surface area contributed by atoms with Gasteiger partial charge in [-0.1, -0.05) is 19.1 Å². The summed E-state index contributed by atoms with van der Waals surface area (Å²) in [5, 5.41) is 15.1. The Kier molecular flexibility index (Phi) is 8.57. The summed E-state index contributed by atoms with van der Waals surface area (Å²) < 4.78 is 5.25. The van der Waals surface area contributed by atoms with Crippen molar-refractivity contribution in [2.75, 3.05) is 5.32 Å². The van der Waals surface area contributed by atoms with Crippen molar-refractivity contribution in [3.63, 3.8) is 0 Å². The molecule has 0 unspecified atom stereocenters. The molecule has 1 amide bonds. The fourth-order valence-electron chi connectivity index (χ4n) is 3.64. The number of nitrogens with one attached hydrogen (secondary N) is 3. The fraction of sp³-hybridized carbons (Fsp3) is 0.222. The number of fused-ring (bicyclic) bond motifs is 1. The van der Waals surface area contributed by atoms with Gasteiger partial charge in [-0.25, -0.2) is 19.7 Å². The number of amides is 1. The first-order valence-corrected chi connectivity index (χ1v) is 12.2. The number of aromatic amines is 1. The smallest absolute Gasteiger partial charge is 0.326 e. The SMILES string of the molecule is CCc1ccc(OC(=O)CC[C@H](NC(=O)c2ccc(NCc3cnc4nc[nH]c(=O)c4n3)cc2)C(=O)O)cc1. The molecule has 0 saturated carbocycles. The molecule has 0 bridgehead atoms. The number of carbonyl (C=O) groups is 3. The zero-order valence-electron chi connectivity index (χ0n) is 21.0. The Morgan fingerprint density at radius 1 is 1.05 bits per heavy atom. The monoisotopic (exact) mass is 530 g/mol. The molecule has 2 aromatic heterocycles. The summed E-state index contributed by atoms with van der Waals surface area (Å²) in [7, 11) is 0. The number of rotatable bonds is 11. The van der Waals surface area contributed by atoms with Gasteiger partial charge in [0.1, 0.15) is 11.8 Å². The minimum atomic E-state index is -1.27. The van der Waals surface area contributed by atoms with Crippen molar-refractivity contribution in [2.24, 2.45) is 0 Å². The van der Waals surface area contributed by atoms with Crippen LogP contribution in [0.2, 0.25) is 0 Å². The normalized spacial score (nSPS) is 11.5. The summed E-state index contributed by atoms with van der Waals surface area (Å²) in [5.41, 5.74) is 2.52. The van der Waals surface area contributed by atoms with Gasteiger partial charge in [-0.3, -0.25) is 14.4 Å². The number of hydrogen-bond acceptors (Lipinski definition) is 9. The standard InChI is InChI=1S/C27H26N6O6/c1-2-16-3-9-20(10-4-16)39-22(34)12-11-21(27(37)38)33-25(35)17-5-7-18(8-6-17)28-13-19-14-29-24-23(32-19)26(36)31-15-30-24/h3-10,14-15,21,28H,2,11-13H2,1H3,(H,33,35)(H,37,38)(H,29,30,31,36)/t21-/m0/s1. The zero-order valence-corrected chi connectivity index (χ0v) is 21.0. The molecule has 0 aliphatic carbocycles. The van der Waals surface area contributed by atoms with E-state index in [1.807, 2.05) is 19.1 Å². The van der Waals surface area contributed by atoms with Crippen LogP contribution >= 0.6 is 0 Å². The van der Waals surface area contributed by atoms with Crippen LogP contribution in [0.15, 0.2) is 65.8 Å². The molecule has 0 saturated heterocycles. The number of nitrogens with zero attached hydrogens (tertiary/aromatic N) is 3. The highest BCUT2D eigenvalue weighted by Crippen LogP contribution is 2.15. The van der Waals surface area contributed by atoms with E-state index in [9.17, 15) is 24.3 Å². The highest BCUT2D eigenvalue weighted by atomic mass is 16.5. The van der Waals surface area contributed by atoms with E-state index in [1.165, 1.54) is 24.7 Å². The van der Waals surface area contributed by atoms with Gasteiger partial charge in [0, 0.05) is 17.7 Å². The quantitative estimate of drug-likeness (QED) is 0.166. The summed E-state index contributed by atoms with van der Waals surface area (Å²) >= 11 is 0. The van der Waals surface area contributed by atoms with E-state index in [0.717, 1.165) is 12.0 Å². The number of hydrogen-bond donors (Lipinski definition) is 4. The summed E-state index contributed by atoms with van der Waals surface area (Å²) in [4.78, 5) is 63.1. The number of benzene rings is 2. The number of H-pyrrole nitrogens is 1. The van der Waals surface area contributed by atoms with Crippen molar-refractivity contribution < 1.29 is 24.2 Å². The van der Waals surface area contributed by atoms with Gasteiger partial charge in [0.15, 0.2) is 11.2 Å². The Morgan fingerprint density at radius 2 is 1.79 bits per heavy atom. The maximum absolute atomic E-state index is 12.6. The molecule has 4 rings (SSSR count). The van der Waals surface area contributed by atoms with Gasteiger partial charge in [0.25, 0.3) is 11.5 Å². The second-order valence-corrected chi connectivity index (χ2v) is 8.57. The molecule has 0 fully saturated rings. The molecular formula is C27H26N6O6. The van der Waals surface area contributed by atoms with Crippen LogP contribution in [0.25, 0.3) is 11.2 Å². The van der Waals surface area contributed by atoms with Crippen molar-refractivity contribution in [3.8, 4) is 5.75 Å². The van der Waals surface area contributed by atoms with Crippen LogP contribution in [-0.2, 0) is 22.6 Å². The van der Waals surface area contributed by atoms with Crippen molar-refractivity contribution in [1.82, 2.24) is 25.3 Å². The van der Waals surface area contributed by atoms with Crippen LogP contribution < -0.4 is 20.9 Å². The van der Waals surface area contributed by atoms with Crippen LogP contribution in [-0.4, -0.2) is 48.9 Å². The highest BCUT2D eigenvalue weighted by Gasteiger charge is 2.22. The molecule has 4 aromatic rings. The molecule has 0 aliphatic rings. The maximum atomic E-state index is 12.6. The highest BCUT2D eigenvalue weighted by molar-refractivity contribution is 5.97. The molecule has 12 heteroatoms. The molecule has 4 N–H and O–H groups in total. The van der Waals surface area contributed by atoms with Crippen molar-refractivity contribution in [3.05, 3.63) is 88.2 Å². The summed E-state index contributed by atoms with van der Waals surface area (Å²) in [6.07, 6.45) is 3.31. The molecule has 39 heavy (non-hydrogen) atoms. The van der Waals surface area contributed by atoms with E-state index in [1.54, 1.807) is 24.3 Å². The van der Waals surface area contributed by atoms with Gasteiger partial charge in [-0.15, -0.1) is 0 Å². The molecule has 0 radical (unpaired) electrons. The van der Waals surface area contributed by atoms with E-state index in [-0.39, 0.29) is 41.7 Å². The Labute approximate surface area is 222 Å². The Hall–Kier alpha value is -5.13. The van der Waals surface area contributed by atoms with Gasteiger partial charge in [0.05, 0.1) is 24.8 Å². The number of aryl methyl sites for hydroxylation is 1. The predicted molar refractivity (Wildman–Crippen MR) is 141 cm³/mol. The largest absolute Gasteiger partial charge is 0.480 e. The first-order valence-electron chi connectivity index (χ1n) is 12.2. The third-order valence-electron chi connectivity index (χ3n) is 5.83. The molecule has 2 aromatic carbocycles. The number of ether oxygens (including phenoxy) is 1. The zero-order chi connectivity index (χ0) is 27.8. The number of carboxylic acid groups (broad SMARTS) is 1. The second kappa shape index (κ2) is 12.4. The lowest BCUT2D eigenvalue weighted by Crippen LogP contribution is -2.41. The first-order chi connectivity index (χ1) is 18.8. The molecule has 200 valence electrons. The average Bonchev–Trinajstić information content (AvgIpc) is 2.95. The van der Waals surface area contributed by atoms with Crippen molar-refractivity contribution in [1.29, 1.82) is 0 Å². The molecule has 1 atom stereocenters. The maximum Gasteiger partial charge on any atom is 0.326 e. The lowest BCUT2D eigenvalue weighted by Gasteiger charge is -2.14. The Balaban J connectivity index is 1.29. The fourth-order valence-corrected chi connectivity index (χ4v) is 3.64. The molecular weight excluding hydrogens is 504 g/mol. The van der Waals surface area contributed by atoms with Gasteiger partial charge in [0.2, 0.25) is 0 Å². The second-order valence-electron chi connectivity index (χ2n) is 8.57. The number of esters is 1. The van der Waals surface area contributed by atoms with Gasteiger partial charge in [-0.2, -0.15) is 0 Å². The summed E-state index contributed by atoms with van der Waals surface area (Å²) in [5.74, 6) is -2.07. The predicted octanol–water partition coefficient (Wildman–Crippen LogP) is 2.46. The molecule has 0 aliphatic heterocycles. The first kappa shape index (κ1) is 26.9. The van der Waals surface area contributed by atoms with E-state index >= 15 is 0 Å².